The molecule has 18 heavy (non-hydrogen) atoms. The van der Waals surface area contributed by atoms with Gasteiger partial charge < -0.3 is 14.7 Å². The van der Waals surface area contributed by atoms with Crippen molar-refractivity contribution in [1.82, 2.24) is 0 Å². The zero-order chi connectivity index (χ0) is 13.1. The van der Waals surface area contributed by atoms with Crippen molar-refractivity contribution in [3.8, 4) is 0 Å². The van der Waals surface area contributed by atoms with Crippen LogP contribution in [0.2, 0.25) is 5.02 Å². The van der Waals surface area contributed by atoms with E-state index in [2.05, 4.69) is 4.90 Å². The van der Waals surface area contributed by atoms with E-state index < -0.39 is 5.97 Å². The zero-order valence-corrected chi connectivity index (χ0v) is 11.0. The quantitative estimate of drug-likeness (QED) is 0.917. The van der Waals surface area contributed by atoms with Gasteiger partial charge in [0.15, 0.2) is 0 Å². The minimum Gasteiger partial charge on any atom is -0.478 e. The number of aromatic carboxylic acids is 1. The highest BCUT2D eigenvalue weighted by Gasteiger charge is 2.21. The molecule has 1 aliphatic rings. The van der Waals surface area contributed by atoms with E-state index in [4.69, 9.17) is 21.4 Å². The van der Waals surface area contributed by atoms with Crippen LogP contribution >= 0.6 is 11.6 Å². The molecule has 1 aromatic carbocycles. The van der Waals surface area contributed by atoms with Gasteiger partial charge in [0.2, 0.25) is 0 Å². The fraction of sp³-hybridized carbons (Fsp3) is 0.462. The number of carboxylic acids is 1. The van der Waals surface area contributed by atoms with Crippen LogP contribution in [0.1, 0.15) is 23.2 Å². The van der Waals surface area contributed by atoms with Gasteiger partial charge in [-0.2, -0.15) is 0 Å². The summed E-state index contributed by atoms with van der Waals surface area (Å²) in [6.07, 6.45) is 2.32. The fourth-order valence-corrected chi connectivity index (χ4v) is 2.55. The Morgan fingerprint density at radius 2 is 2.33 bits per heavy atom. The second-order valence-electron chi connectivity index (χ2n) is 4.42. The second-order valence-corrected chi connectivity index (χ2v) is 4.82. The van der Waals surface area contributed by atoms with Gasteiger partial charge in [0.25, 0.3) is 0 Å². The van der Waals surface area contributed by atoms with Crippen LogP contribution < -0.4 is 4.90 Å². The highest BCUT2D eigenvalue weighted by atomic mass is 35.5. The Balaban J connectivity index is 2.20. The third kappa shape index (κ3) is 2.76. The van der Waals surface area contributed by atoms with Gasteiger partial charge in [0.1, 0.15) is 0 Å². The molecule has 1 saturated heterocycles. The van der Waals surface area contributed by atoms with Crippen LogP contribution in [0.3, 0.4) is 0 Å². The second kappa shape index (κ2) is 5.59. The Morgan fingerprint density at radius 3 is 2.94 bits per heavy atom. The lowest BCUT2D eigenvalue weighted by molar-refractivity contribution is 0.0696. The van der Waals surface area contributed by atoms with E-state index in [1.807, 2.05) is 0 Å². The molecule has 98 valence electrons. The van der Waals surface area contributed by atoms with Crippen molar-refractivity contribution < 1.29 is 14.6 Å². The van der Waals surface area contributed by atoms with Crippen molar-refractivity contribution in [1.29, 1.82) is 0 Å². The first-order chi connectivity index (χ1) is 8.61. The van der Waals surface area contributed by atoms with Gasteiger partial charge in [-0.25, -0.2) is 4.79 Å². The maximum Gasteiger partial charge on any atom is 0.335 e. The zero-order valence-electron chi connectivity index (χ0n) is 10.2. The maximum absolute atomic E-state index is 10.8. The SMILES string of the molecule is COC1CCCN(c2ccc(C(=O)O)cc2Cl)C1. The molecule has 1 heterocycles. The summed E-state index contributed by atoms with van der Waals surface area (Å²) in [4.78, 5) is 13.0. The van der Waals surface area contributed by atoms with E-state index in [0.29, 0.717) is 5.02 Å². The molecule has 0 aliphatic carbocycles. The molecule has 1 aromatic rings. The van der Waals surface area contributed by atoms with Crippen molar-refractivity contribution in [3.05, 3.63) is 28.8 Å². The molecule has 1 atom stereocenters. The van der Waals surface area contributed by atoms with E-state index in [1.54, 1.807) is 19.2 Å². The first-order valence-electron chi connectivity index (χ1n) is 5.92. The number of methoxy groups -OCH3 is 1. The highest BCUT2D eigenvalue weighted by molar-refractivity contribution is 6.33. The van der Waals surface area contributed by atoms with Crippen LogP contribution in [0.4, 0.5) is 5.69 Å². The average molecular weight is 270 g/mol. The van der Waals surface area contributed by atoms with Crippen LogP contribution in [0.25, 0.3) is 0 Å². The number of hydrogen-bond donors (Lipinski definition) is 1. The lowest BCUT2D eigenvalue weighted by atomic mass is 10.1. The number of carboxylic acid groups (broad SMARTS) is 1. The molecule has 0 spiro atoms. The standard InChI is InChI=1S/C13H16ClNO3/c1-18-10-3-2-6-15(8-10)12-5-4-9(13(16)17)7-11(12)14/h4-5,7,10H,2-3,6,8H2,1H3,(H,16,17). The molecule has 0 amide bonds. The Hall–Kier alpha value is -1.26. The molecule has 5 heteroatoms. The summed E-state index contributed by atoms with van der Waals surface area (Å²) >= 11 is 6.15. The van der Waals surface area contributed by atoms with Crippen molar-refractivity contribution in [2.45, 2.75) is 18.9 Å². The number of benzene rings is 1. The van der Waals surface area contributed by atoms with Crippen molar-refractivity contribution >= 4 is 23.3 Å². The highest BCUT2D eigenvalue weighted by Crippen LogP contribution is 2.29. The summed E-state index contributed by atoms with van der Waals surface area (Å²) in [5.41, 5.74) is 1.09. The monoisotopic (exact) mass is 269 g/mol. The number of halogens is 1. The Bertz CT molecular complexity index is 450. The van der Waals surface area contributed by atoms with E-state index in [-0.39, 0.29) is 11.7 Å². The van der Waals surface area contributed by atoms with Gasteiger partial charge in [-0.1, -0.05) is 11.6 Å². The van der Waals surface area contributed by atoms with Crippen LogP contribution in [-0.4, -0.2) is 37.4 Å². The first kappa shape index (κ1) is 13.2. The minimum atomic E-state index is -0.961. The first-order valence-corrected chi connectivity index (χ1v) is 6.30. The van der Waals surface area contributed by atoms with Crippen molar-refractivity contribution in [2.24, 2.45) is 0 Å². The minimum absolute atomic E-state index is 0.212. The lowest BCUT2D eigenvalue weighted by Gasteiger charge is -2.34. The summed E-state index contributed by atoms with van der Waals surface area (Å²) in [6, 6.07) is 4.85. The summed E-state index contributed by atoms with van der Waals surface area (Å²) in [7, 11) is 1.71. The lowest BCUT2D eigenvalue weighted by Crippen LogP contribution is -2.39. The van der Waals surface area contributed by atoms with Crippen LogP contribution in [-0.2, 0) is 4.74 Å². The van der Waals surface area contributed by atoms with Crippen LogP contribution in [0.5, 0.6) is 0 Å². The van der Waals surface area contributed by atoms with Gasteiger partial charge in [0, 0.05) is 20.2 Å². The van der Waals surface area contributed by atoms with E-state index >= 15 is 0 Å². The van der Waals surface area contributed by atoms with Gasteiger partial charge >= 0.3 is 5.97 Å². The van der Waals surface area contributed by atoms with Crippen molar-refractivity contribution in [2.75, 3.05) is 25.1 Å². The van der Waals surface area contributed by atoms with Crippen LogP contribution in [0, 0.1) is 0 Å². The molecule has 1 unspecified atom stereocenters. The molecule has 4 nitrogen and oxygen atoms in total. The Morgan fingerprint density at radius 1 is 1.56 bits per heavy atom. The predicted octanol–water partition coefficient (Wildman–Crippen LogP) is 2.65. The van der Waals surface area contributed by atoms with Gasteiger partial charge in [-0.15, -0.1) is 0 Å². The number of ether oxygens (including phenoxy) is 1. The molecule has 1 N–H and O–H groups in total. The molecular formula is C13H16ClNO3. The third-order valence-electron chi connectivity index (χ3n) is 3.25. The van der Waals surface area contributed by atoms with Gasteiger partial charge in [-0.3, -0.25) is 0 Å². The number of nitrogens with zero attached hydrogens (tertiary/aromatic N) is 1. The number of hydrogen-bond acceptors (Lipinski definition) is 3. The number of anilines is 1. The van der Waals surface area contributed by atoms with Crippen LogP contribution in [0.15, 0.2) is 18.2 Å². The topological polar surface area (TPSA) is 49.8 Å². The molecule has 1 fully saturated rings. The smallest absolute Gasteiger partial charge is 0.335 e. The third-order valence-corrected chi connectivity index (χ3v) is 3.55. The molecule has 0 bridgehead atoms. The summed E-state index contributed by atoms with van der Waals surface area (Å²) in [6.45, 7) is 1.72. The molecule has 0 saturated carbocycles. The van der Waals surface area contributed by atoms with E-state index in [1.165, 1.54) is 6.07 Å². The largest absolute Gasteiger partial charge is 0.478 e. The maximum atomic E-state index is 10.8. The number of piperidine rings is 1. The fourth-order valence-electron chi connectivity index (χ4n) is 2.25. The number of carbonyl (C=O) groups is 1. The Labute approximate surface area is 111 Å². The van der Waals surface area contributed by atoms with E-state index in [0.717, 1.165) is 31.6 Å². The molecule has 0 aromatic heterocycles. The Kier molecular flexibility index (Phi) is 4.09. The summed E-state index contributed by atoms with van der Waals surface area (Å²) in [5, 5.41) is 9.38. The van der Waals surface area contributed by atoms with Gasteiger partial charge in [-0.05, 0) is 31.0 Å². The van der Waals surface area contributed by atoms with E-state index in [9.17, 15) is 4.79 Å². The van der Waals surface area contributed by atoms with Gasteiger partial charge in [0.05, 0.1) is 22.4 Å². The molecule has 1 aliphatic heterocycles. The number of rotatable bonds is 3. The normalized spacial score (nSPS) is 19.9. The molecule has 0 radical (unpaired) electrons. The van der Waals surface area contributed by atoms with Crippen molar-refractivity contribution in [3.63, 3.8) is 0 Å². The molecule has 2 rings (SSSR count). The predicted molar refractivity (Wildman–Crippen MR) is 70.7 cm³/mol. The average Bonchev–Trinajstić information content (AvgIpc) is 2.38. The summed E-state index contributed by atoms with van der Waals surface area (Å²) < 4.78 is 5.37. The molecular weight excluding hydrogens is 254 g/mol. The summed E-state index contributed by atoms with van der Waals surface area (Å²) in [5.74, 6) is -0.961.